The van der Waals surface area contributed by atoms with Crippen molar-refractivity contribution in [1.82, 2.24) is 0 Å². The van der Waals surface area contributed by atoms with Crippen molar-refractivity contribution in [2.24, 2.45) is 5.92 Å². The Kier molecular flexibility index (Phi) is 4.08. The van der Waals surface area contributed by atoms with Gasteiger partial charge in [-0.15, -0.1) is 11.6 Å². The Bertz CT molecular complexity index is 489. The molecule has 3 rings (SSSR count). The van der Waals surface area contributed by atoms with Crippen LogP contribution in [0.3, 0.4) is 0 Å². The summed E-state index contributed by atoms with van der Waals surface area (Å²) in [6.45, 7) is 5.51. The summed E-state index contributed by atoms with van der Waals surface area (Å²) in [4.78, 5) is 0. The van der Waals surface area contributed by atoms with Crippen molar-refractivity contribution < 1.29 is 14.2 Å². The Morgan fingerprint density at radius 1 is 1.40 bits per heavy atom. The van der Waals surface area contributed by atoms with Gasteiger partial charge in [0.1, 0.15) is 17.6 Å². The molecule has 0 amide bonds. The normalized spacial score (nSPS) is 28.2. The fourth-order valence-corrected chi connectivity index (χ4v) is 3.41. The molecule has 3 nitrogen and oxygen atoms in total. The summed E-state index contributed by atoms with van der Waals surface area (Å²) in [5.74, 6) is 2.86. The van der Waals surface area contributed by atoms with Crippen molar-refractivity contribution in [3.8, 4) is 11.5 Å². The molecule has 3 unspecified atom stereocenters. The van der Waals surface area contributed by atoms with Gasteiger partial charge in [0.25, 0.3) is 0 Å². The first kappa shape index (κ1) is 14.0. The van der Waals surface area contributed by atoms with Crippen LogP contribution in [0.15, 0.2) is 12.1 Å². The van der Waals surface area contributed by atoms with Crippen LogP contribution in [0.25, 0.3) is 0 Å². The topological polar surface area (TPSA) is 27.7 Å². The van der Waals surface area contributed by atoms with Gasteiger partial charge in [0, 0.05) is 36.0 Å². The van der Waals surface area contributed by atoms with Crippen LogP contribution in [0.1, 0.15) is 37.5 Å². The van der Waals surface area contributed by atoms with Gasteiger partial charge in [0.15, 0.2) is 0 Å². The average Bonchev–Trinajstić information content (AvgIpc) is 3.02. The first-order valence-corrected chi connectivity index (χ1v) is 7.90. The van der Waals surface area contributed by atoms with E-state index in [1.807, 2.05) is 6.92 Å². The molecule has 0 bridgehead atoms. The van der Waals surface area contributed by atoms with Gasteiger partial charge in [-0.2, -0.15) is 0 Å². The molecule has 4 heteroatoms. The van der Waals surface area contributed by atoms with Crippen molar-refractivity contribution in [1.29, 1.82) is 0 Å². The summed E-state index contributed by atoms with van der Waals surface area (Å²) in [6, 6.07) is 4.21. The van der Waals surface area contributed by atoms with Gasteiger partial charge in [0.2, 0.25) is 0 Å². The van der Waals surface area contributed by atoms with E-state index in [0.29, 0.717) is 18.4 Å². The molecule has 110 valence electrons. The van der Waals surface area contributed by atoms with Gasteiger partial charge < -0.3 is 14.2 Å². The largest absolute Gasteiger partial charge is 0.493 e. The number of ether oxygens (including phenoxy) is 3. The molecule has 0 N–H and O–H groups in total. The summed E-state index contributed by atoms with van der Waals surface area (Å²) in [7, 11) is 0. The van der Waals surface area contributed by atoms with Crippen LogP contribution in [0.2, 0.25) is 0 Å². The standard InChI is InChI=1S/C16H21ClO3/c1-3-18-15-7-12-6-10(2)20-14(12)8-13(15)16-11(9-17)4-5-19-16/h7-8,10-11,16H,3-6,9H2,1-2H3. The van der Waals surface area contributed by atoms with Gasteiger partial charge in [0.05, 0.1) is 12.7 Å². The average molecular weight is 297 g/mol. The number of hydrogen-bond acceptors (Lipinski definition) is 3. The molecule has 2 heterocycles. The van der Waals surface area contributed by atoms with E-state index in [-0.39, 0.29) is 12.2 Å². The summed E-state index contributed by atoms with van der Waals surface area (Å²) >= 11 is 6.07. The van der Waals surface area contributed by atoms with Crippen LogP contribution >= 0.6 is 11.6 Å². The first-order chi connectivity index (χ1) is 9.72. The maximum atomic E-state index is 6.07. The lowest BCUT2D eigenvalue weighted by molar-refractivity contribution is 0.0919. The molecule has 20 heavy (non-hydrogen) atoms. The Hall–Kier alpha value is -0.930. The maximum Gasteiger partial charge on any atom is 0.125 e. The minimum Gasteiger partial charge on any atom is -0.493 e. The van der Waals surface area contributed by atoms with E-state index in [1.54, 1.807) is 0 Å². The molecule has 0 aliphatic carbocycles. The highest BCUT2D eigenvalue weighted by molar-refractivity contribution is 6.18. The van der Waals surface area contributed by atoms with Crippen molar-refractivity contribution in [3.05, 3.63) is 23.3 Å². The van der Waals surface area contributed by atoms with E-state index in [4.69, 9.17) is 25.8 Å². The number of hydrogen-bond donors (Lipinski definition) is 0. The van der Waals surface area contributed by atoms with Crippen molar-refractivity contribution in [2.75, 3.05) is 19.1 Å². The SMILES string of the molecule is CCOc1cc2c(cc1C1OCCC1CCl)OC(C)C2. The molecular weight excluding hydrogens is 276 g/mol. The Labute approximate surface area is 125 Å². The Morgan fingerprint density at radius 3 is 3.00 bits per heavy atom. The van der Waals surface area contributed by atoms with Crippen molar-refractivity contribution in [2.45, 2.75) is 38.9 Å². The predicted octanol–water partition coefficient (Wildman–Crippen LogP) is 3.73. The molecule has 0 saturated carbocycles. The highest BCUT2D eigenvalue weighted by Crippen LogP contribution is 2.44. The molecule has 1 saturated heterocycles. The third kappa shape index (κ3) is 2.49. The zero-order valence-electron chi connectivity index (χ0n) is 12.0. The Balaban J connectivity index is 1.98. The minimum atomic E-state index is 0.0267. The molecule has 1 fully saturated rings. The van der Waals surface area contributed by atoms with E-state index in [1.165, 1.54) is 5.56 Å². The second-order valence-electron chi connectivity index (χ2n) is 5.56. The monoisotopic (exact) mass is 296 g/mol. The van der Waals surface area contributed by atoms with Crippen molar-refractivity contribution >= 4 is 11.6 Å². The predicted molar refractivity (Wildman–Crippen MR) is 78.9 cm³/mol. The van der Waals surface area contributed by atoms with Crippen LogP contribution in [0, 0.1) is 5.92 Å². The fourth-order valence-electron chi connectivity index (χ4n) is 3.09. The lowest BCUT2D eigenvalue weighted by Gasteiger charge is -2.21. The molecule has 2 aliphatic rings. The van der Waals surface area contributed by atoms with Crippen LogP contribution in [0.4, 0.5) is 0 Å². The van der Waals surface area contributed by atoms with Crippen LogP contribution in [0.5, 0.6) is 11.5 Å². The highest BCUT2D eigenvalue weighted by atomic mass is 35.5. The number of fused-ring (bicyclic) bond motifs is 1. The molecule has 0 aromatic heterocycles. The fraction of sp³-hybridized carbons (Fsp3) is 0.625. The number of alkyl halides is 1. The van der Waals surface area contributed by atoms with Gasteiger partial charge in [-0.3, -0.25) is 0 Å². The van der Waals surface area contributed by atoms with Gasteiger partial charge in [-0.05, 0) is 32.4 Å². The van der Waals surface area contributed by atoms with E-state index in [0.717, 1.165) is 36.5 Å². The molecule has 2 aliphatic heterocycles. The van der Waals surface area contributed by atoms with E-state index in [9.17, 15) is 0 Å². The second kappa shape index (κ2) is 5.82. The molecular formula is C16H21ClO3. The van der Waals surface area contributed by atoms with E-state index in [2.05, 4.69) is 19.1 Å². The molecule has 0 radical (unpaired) electrons. The van der Waals surface area contributed by atoms with Gasteiger partial charge in [-0.1, -0.05) is 0 Å². The third-order valence-electron chi connectivity index (χ3n) is 4.05. The Morgan fingerprint density at radius 2 is 2.25 bits per heavy atom. The van der Waals surface area contributed by atoms with Crippen molar-refractivity contribution in [3.63, 3.8) is 0 Å². The van der Waals surface area contributed by atoms with Gasteiger partial charge in [-0.25, -0.2) is 0 Å². The number of halogens is 1. The zero-order valence-corrected chi connectivity index (χ0v) is 12.8. The first-order valence-electron chi connectivity index (χ1n) is 7.36. The maximum absolute atomic E-state index is 6.07. The number of benzene rings is 1. The summed E-state index contributed by atoms with van der Waals surface area (Å²) in [5, 5.41) is 0. The van der Waals surface area contributed by atoms with Crippen LogP contribution in [-0.2, 0) is 11.2 Å². The highest BCUT2D eigenvalue weighted by Gasteiger charge is 2.33. The smallest absolute Gasteiger partial charge is 0.125 e. The molecule has 1 aromatic carbocycles. The van der Waals surface area contributed by atoms with Crippen LogP contribution < -0.4 is 9.47 Å². The number of rotatable bonds is 4. The summed E-state index contributed by atoms with van der Waals surface area (Å²) < 4.78 is 17.6. The minimum absolute atomic E-state index is 0.0267. The summed E-state index contributed by atoms with van der Waals surface area (Å²) in [5.41, 5.74) is 2.31. The lowest BCUT2D eigenvalue weighted by Crippen LogP contribution is -2.11. The molecule has 1 aromatic rings. The third-order valence-corrected chi connectivity index (χ3v) is 4.44. The zero-order chi connectivity index (χ0) is 14.1. The molecule has 0 spiro atoms. The lowest BCUT2D eigenvalue weighted by atomic mass is 9.94. The van der Waals surface area contributed by atoms with Crippen LogP contribution in [-0.4, -0.2) is 25.2 Å². The molecule has 3 atom stereocenters. The van der Waals surface area contributed by atoms with E-state index < -0.39 is 0 Å². The second-order valence-corrected chi connectivity index (χ2v) is 5.87. The van der Waals surface area contributed by atoms with Gasteiger partial charge >= 0.3 is 0 Å². The van der Waals surface area contributed by atoms with E-state index >= 15 is 0 Å². The summed E-state index contributed by atoms with van der Waals surface area (Å²) in [6.07, 6.45) is 2.22. The quantitative estimate of drug-likeness (QED) is 0.793.